The van der Waals surface area contributed by atoms with Gasteiger partial charge in [-0.15, -0.1) is 5.92 Å². The second-order valence-corrected chi connectivity index (χ2v) is 3.64. The molecule has 0 fully saturated rings. The van der Waals surface area contributed by atoms with Crippen molar-refractivity contribution in [2.24, 2.45) is 0 Å². The Morgan fingerprint density at radius 3 is 2.12 bits per heavy atom. The maximum atomic E-state index is 5.28. The topological polar surface area (TPSA) is 18.5 Å². The van der Waals surface area contributed by atoms with Gasteiger partial charge in [-0.3, -0.25) is 0 Å². The molecule has 0 amide bonds. The molecule has 0 aliphatic heterocycles. The highest BCUT2D eigenvalue weighted by atomic mass is 16.5. The first-order chi connectivity index (χ1) is 8.28. The third-order valence-corrected chi connectivity index (χ3v) is 2.61. The third kappa shape index (κ3) is 2.19. The normalized spacial score (nSPS) is 9.59. The van der Waals surface area contributed by atoms with Crippen LogP contribution in [0, 0.1) is 11.8 Å². The average Bonchev–Trinajstić information content (AvgIpc) is 2.37. The van der Waals surface area contributed by atoms with Crippen molar-refractivity contribution in [3.8, 4) is 23.3 Å². The number of methoxy groups -OCH3 is 2. The van der Waals surface area contributed by atoms with E-state index in [9.17, 15) is 0 Å². The summed E-state index contributed by atoms with van der Waals surface area (Å²) in [5.41, 5.74) is 1.01. The van der Waals surface area contributed by atoms with Crippen LogP contribution in [0.3, 0.4) is 0 Å². The van der Waals surface area contributed by atoms with Crippen molar-refractivity contribution in [2.45, 2.75) is 6.92 Å². The molecular formula is C15H14O2. The van der Waals surface area contributed by atoms with Crippen molar-refractivity contribution in [1.29, 1.82) is 0 Å². The first-order valence-corrected chi connectivity index (χ1v) is 5.37. The minimum Gasteiger partial charge on any atom is -0.493 e. The molecule has 0 unspecified atom stereocenters. The molecule has 2 rings (SSSR count). The fraction of sp³-hybridized carbons (Fsp3) is 0.200. The summed E-state index contributed by atoms with van der Waals surface area (Å²) in [6.45, 7) is 1.83. The molecule has 0 spiro atoms. The SMILES string of the molecule is CC#Cc1ccc2cc(OC)c(OC)cc2c1. The lowest BCUT2D eigenvalue weighted by Gasteiger charge is -2.09. The van der Waals surface area contributed by atoms with Gasteiger partial charge < -0.3 is 9.47 Å². The van der Waals surface area contributed by atoms with Crippen LogP contribution in [-0.2, 0) is 0 Å². The summed E-state index contributed by atoms with van der Waals surface area (Å²) >= 11 is 0. The standard InChI is InChI=1S/C15H14O2/c1-4-5-11-6-7-12-9-14(16-2)15(17-3)10-13(12)8-11/h6-10H,1-3H3. The lowest BCUT2D eigenvalue weighted by atomic mass is 10.1. The van der Waals surface area contributed by atoms with E-state index in [1.807, 2.05) is 37.3 Å². The highest BCUT2D eigenvalue weighted by Crippen LogP contribution is 2.32. The van der Waals surface area contributed by atoms with E-state index in [1.54, 1.807) is 14.2 Å². The summed E-state index contributed by atoms with van der Waals surface area (Å²) in [6.07, 6.45) is 0. The van der Waals surface area contributed by atoms with Crippen LogP contribution in [0.4, 0.5) is 0 Å². The highest BCUT2D eigenvalue weighted by molar-refractivity contribution is 5.87. The van der Waals surface area contributed by atoms with E-state index in [0.717, 1.165) is 27.8 Å². The molecule has 0 atom stereocenters. The molecule has 0 heterocycles. The second kappa shape index (κ2) is 4.80. The van der Waals surface area contributed by atoms with Gasteiger partial charge >= 0.3 is 0 Å². The molecule has 0 radical (unpaired) electrons. The predicted octanol–water partition coefficient (Wildman–Crippen LogP) is 3.23. The molecule has 0 aliphatic rings. The number of hydrogen-bond donors (Lipinski definition) is 0. The molecule has 0 aliphatic carbocycles. The fourth-order valence-corrected chi connectivity index (χ4v) is 1.80. The maximum Gasteiger partial charge on any atom is 0.161 e. The number of hydrogen-bond acceptors (Lipinski definition) is 2. The van der Waals surface area contributed by atoms with Crippen molar-refractivity contribution in [1.82, 2.24) is 0 Å². The van der Waals surface area contributed by atoms with Crippen LogP contribution in [0.25, 0.3) is 10.8 Å². The van der Waals surface area contributed by atoms with Crippen LogP contribution in [0.5, 0.6) is 11.5 Å². The Morgan fingerprint density at radius 1 is 0.882 bits per heavy atom. The van der Waals surface area contributed by atoms with Gasteiger partial charge in [-0.2, -0.15) is 0 Å². The van der Waals surface area contributed by atoms with E-state index in [-0.39, 0.29) is 0 Å². The number of fused-ring (bicyclic) bond motifs is 1. The Morgan fingerprint density at radius 2 is 1.53 bits per heavy atom. The highest BCUT2D eigenvalue weighted by Gasteiger charge is 2.05. The van der Waals surface area contributed by atoms with Crippen LogP contribution in [0.2, 0.25) is 0 Å². The molecule has 0 saturated carbocycles. The minimum atomic E-state index is 0.738. The van der Waals surface area contributed by atoms with E-state index in [1.165, 1.54) is 0 Å². The largest absolute Gasteiger partial charge is 0.493 e. The monoisotopic (exact) mass is 226 g/mol. The third-order valence-electron chi connectivity index (χ3n) is 2.61. The summed E-state index contributed by atoms with van der Waals surface area (Å²) in [5.74, 6) is 7.42. The van der Waals surface area contributed by atoms with Crippen LogP contribution < -0.4 is 9.47 Å². The van der Waals surface area contributed by atoms with Crippen LogP contribution in [0.1, 0.15) is 12.5 Å². The lowest BCUT2D eigenvalue weighted by molar-refractivity contribution is 0.356. The van der Waals surface area contributed by atoms with Crippen molar-refractivity contribution < 1.29 is 9.47 Å². The molecule has 17 heavy (non-hydrogen) atoms. The fourth-order valence-electron chi connectivity index (χ4n) is 1.80. The molecule has 0 aromatic heterocycles. The summed E-state index contributed by atoms with van der Waals surface area (Å²) in [5, 5.41) is 2.22. The van der Waals surface area contributed by atoms with E-state index in [4.69, 9.17) is 9.47 Å². The van der Waals surface area contributed by atoms with Gasteiger partial charge in [0.05, 0.1) is 14.2 Å². The van der Waals surface area contributed by atoms with Gasteiger partial charge in [-0.25, -0.2) is 0 Å². The van der Waals surface area contributed by atoms with Gasteiger partial charge in [-0.1, -0.05) is 12.0 Å². The van der Waals surface area contributed by atoms with Crippen LogP contribution >= 0.6 is 0 Å². The number of ether oxygens (including phenoxy) is 2. The van der Waals surface area contributed by atoms with E-state index < -0.39 is 0 Å². The quantitative estimate of drug-likeness (QED) is 0.732. The van der Waals surface area contributed by atoms with E-state index in [0.29, 0.717) is 0 Å². The van der Waals surface area contributed by atoms with Gasteiger partial charge in [0.1, 0.15) is 0 Å². The molecule has 86 valence electrons. The number of benzene rings is 2. The molecule has 2 aromatic rings. The zero-order valence-corrected chi connectivity index (χ0v) is 10.2. The Bertz CT molecular complexity index is 603. The van der Waals surface area contributed by atoms with Crippen molar-refractivity contribution in [3.05, 3.63) is 35.9 Å². The van der Waals surface area contributed by atoms with Crippen LogP contribution in [0.15, 0.2) is 30.3 Å². The van der Waals surface area contributed by atoms with Crippen molar-refractivity contribution in [2.75, 3.05) is 14.2 Å². The predicted molar refractivity (Wildman–Crippen MR) is 69.6 cm³/mol. The van der Waals surface area contributed by atoms with Gasteiger partial charge in [-0.05, 0) is 42.0 Å². The van der Waals surface area contributed by atoms with E-state index >= 15 is 0 Å². The van der Waals surface area contributed by atoms with Gasteiger partial charge in [0.25, 0.3) is 0 Å². The zero-order chi connectivity index (χ0) is 12.3. The van der Waals surface area contributed by atoms with E-state index in [2.05, 4.69) is 11.8 Å². The summed E-state index contributed by atoms with van der Waals surface area (Å²) < 4.78 is 10.6. The average molecular weight is 226 g/mol. The van der Waals surface area contributed by atoms with Gasteiger partial charge in [0.2, 0.25) is 0 Å². The summed E-state index contributed by atoms with van der Waals surface area (Å²) in [7, 11) is 3.28. The Labute approximate surface area is 101 Å². The lowest BCUT2D eigenvalue weighted by Crippen LogP contribution is -1.90. The van der Waals surface area contributed by atoms with Gasteiger partial charge in [0, 0.05) is 5.56 Å². The number of rotatable bonds is 2. The molecule has 0 N–H and O–H groups in total. The summed E-state index contributed by atoms with van der Waals surface area (Å²) in [6, 6.07) is 10.0. The second-order valence-electron chi connectivity index (χ2n) is 3.64. The zero-order valence-electron chi connectivity index (χ0n) is 10.2. The van der Waals surface area contributed by atoms with Gasteiger partial charge in [0.15, 0.2) is 11.5 Å². The first kappa shape index (κ1) is 11.3. The van der Waals surface area contributed by atoms with Crippen molar-refractivity contribution in [3.63, 3.8) is 0 Å². The molecule has 2 nitrogen and oxygen atoms in total. The van der Waals surface area contributed by atoms with Crippen molar-refractivity contribution >= 4 is 10.8 Å². The first-order valence-electron chi connectivity index (χ1n) is 5.37. The van der Waals surface area contributed by atoms with Crippen LogP contribution in [-0.4, -0.2) is 14.2 Å². The molecule has 2 heteroatoms. The smallest absolute Gasteiger partial charge is 0.161 e. The maximum absolute atomic E-state index is 5.28. The minimum absolute atomic E-state index is 0.738. The Hall–Kier alpha value is -2.14. The Balaban J connectivity index is 2.64. The Kier molecular flexibility index (Phi) is 3.20. The molecular weight excluding hydrogens is 212 g/mol. The molecule has 2 aromatic carbocycles. The molecule has 0 saturated heterocycles. The molecule has 0 bridgehead atoms. The summed E-state index contributed by atoms with van der Waals surface area (Å²) in [4.78, 5) is 0.